The van der Waals surface area contributed by atoms with E-state index in [-0.39, 0.29) is 5.91 Å². The van der Waals surface area contributed by atoms with Crippen LogP contribution >= 0.6 is 0 Å². The highest BCUT2D eigenvalue weighted by molar-refractivity contribution is 5.91. The normalized spacial score (nSPS) is 14.4. The van der Waals surface area contributed by atoms with Crippen molar-refractivity contribution in [2.75, 3.05) is 25.6 Å². The lowest BCUT2D eigenvalue weighted by molar-refractivity contribution is 0.0932. The van der Waals surface area contributed by atoms with Crippen molar-refractivity contribution >= 4 is 11.7 Å². The highest BCUT2D eigenvalue weighted by Crippen LogP contribution is 2.22. The molecule has 6 nitrogen and oxygen atoms in total. The van der Waals surface area contributed by atoms with Crippen LogP contribution in [-0.4, -0.2) is 42.2 Å². The Hall–Kier alpha value is -1.69. The molecular formula is C11H16N4O2. The third kappa shape index (κ3) is 3.67. The van der Waals surface area contributed by atoms with Crippen LogP contribution in [-0.2, 0) is 4.74 Å². The van der Waals surface area contributed by atoms with Gasteiger partial charge in [0, 0.05) is 19.7 Å². The third-order valence-electron chi connectivity index (χ3n) is 2.41. The maximum Gasteiger partial charge on any atom is 0.271 e. The second-order valence-electron chi connectivity index (χ2n) is 3.95. The van der Waals surface area contributed by atoms with Crippen LogP contribution < -0.4 is 10.6 Å². The zero-order valence-electron chi connectivity index (χ0n) is 9.77. The molecule has 1 fully saturated rings. The van der Waals surface area contributed by atoms with Crippen molar-refractivity contribution in [1.82, 2.24) is 15.3 Å². The first-order valence-electron chi connectivity index (χ1n) is 5.65. The first-order chi connectivity index (χ1) is 8.29. The SMILES string of the molecule is COCCNC(=O)c1cnc(NC2CC2)cn1. The molecule has 2 N–H and O–H groups in total. The summed E-state index contributed by atoms with van der Waals surface area (Å²) in [5.74, 6) is 0.494. The molecule has 0 saturated heterocycles. The van der Waals surface area contributed by atoms with Gasteiger partial charge in [-0.1, -0.05) is 0 Å². The lowest BCUT2D eigenvalue weighted by Crippen LogP contribution is -2.27. The molecule has 1 aliphatic rings. The number of carbonyl (C=O) groups excluding carboxylic acids is 1. The summed E-state index contributed by atoms with van der Waals surface area (Å²) in [5.41, 5.74) is 0.322. The average molecular weight is 236 g/mol. The minimum Gasteiger partial charge on any atom is -0.383 e. The van der Waals surface area contributed by atoms with Gasteiger partial charge in [-0.3, -0.25) is 4.79 Å². The van der Waals surface area contributed by atoms with E-state index in [2.05, 4.69) is 20.6 Å². The van der Waals surface area contributed by atoms with Crippen molar-refractivity contribution in [2.45, 2.75) is 18.9 Å². The van der Waals surface area contributed by atoms with Gasteiger partial charge in [-0.15, -0.1) is 0 Å². The van der Waals surface area contributed by atoms with Gasteiger partial charge >= 0.3 is 0 Å². The van der Waals surface area contributed by atoms with Gasteiger partial charge in [0.15, 0.2) is 0 Å². The van der Waals surface area contributed by atoms with E-state index in [1.807, 2.05) is 0 Å². The summed E-state index contributed by atoms with van der Waals surface area (Å²) in [6.45, 7) is 0.958. The number of amides is 1. The lowest BCUT2D eigenvalue weighted by Gasteiger charge is -2.05. The second kappa shape index (κ2) is 5.58. The summed E-state index contributed by atoms with van der Waals surface area (Å²) in [6, 6.07) is 0.533. The van der Waals surface area contributed by atoms with Gasteiger partial charge < -0.3 is 15.4 Å². The van der Waals surface area contributed by atoms with Crippen LogP contribution in [0.15, 0.2) is 12.4 Å². The number of hydrogen-bond donors (Lipinski definition) is 2. The zero-order valence-corrected chi connectivity index (χ0v) is 9.77. The number of nitrogens with zero attached hydrogens (tertiary/aromatic N) is 2. The molecule has 2 rings (SSSR count). The summed E-state index contributed by atoms with van der Waals surface area (Å²) >= 11 is 0. The smallest absolute Gasteiger partial charge is 0.271 e. The number of carbonyl (C=O) groups is 1. The maximum atomic E-state index is 11.6. The number of anilines is 1. The van der Waals surface area contributed by atoms with Crippen molar-refractivity contribution < 1.29 is 9.53 Å². The second-order valence-corrected chi connectivity index (χ2v) is 3.95. The predicted octanol–water partition coefficient (Wildman–Crippen LogP) is 0.427. The molecule has 1 aromatic rings. The standard InChI is InChI=1S/C11H16N4O2/c1-17-5-4-12-11(16)9-6-14-10(7-13-9)15-8-2-3-8/h6-8H,2-5H2,1H3,(H,12,16)(H,14,15). The Bertz CT molecular complexity index is 376. The average Bonchev–Trinajstić information content (AvgIpc) is 3.14. The van der Waals surface area contributed by atoms with Crippen LogP contribution in [0.4, 0.5) is 5.82 Å². The first-order valence-corrected chi connectivity index (χ1v) is 5.65. The minimum absolute atomic E-state index is 0.229. The number of hydrogen-bond acceptors (Lipinski definition) is 5. The van der Waals surface area contributed by atoms with Crippen molar-refractivity contribution in [3.8, 4) is 0 Å². The van der Waals surface area contributed by atoms with E-state index in [0.29, 0.717) is 24.9 Å². The van der Waals surface area contributed by atoms with Crippen molar-refractivity contribution in [2.24, 2.45) is 0 Å². The van der Waals surface area contributed by atoms with Crippen LogP contribution in [0.25, 0.3) is 0 Å². The van der Waals surface area contributed by atoms with Gasteiger partial charge in [-0.2, -0.15) is 0 Å². The van der Waals surface area contributed by atoms with E-state index >= 15 is 0 Å². The number of aromatic nitrogens is 2. The molecule has 0 unspecified atom stereocenters. The molecule has 17 heavy (non-hydrogen) atoms. The maximum absolute atomic E-state index is 11.6. The Morgan fingerprint density at radius 3 is 2.88 bits per heavy atom. The molecule has 1 heterocycles. The fraction of sp³-hybridized carbons (Fsp3) is 0.545. The molecule has 0 bridgehead atoms. The number of nitrogens with one attached hydrogen (secondary N) is 2. The van der Waals surface area contributed by atoms with Crippen LogP contribution in [0.3, 0.4) is 0 Å². The van der Waals surface area contributed by atoms with Gasteiger partial charge in [-0.25, -0.2) is 9.97 Å². The Kier molecular flexibility index (Phi) is 3.87. The Morgan fingerprint density at radius 2 is 2.29 bits per heavy atom. The van der Waals surface area contributed by atoms with Gasteiger partial charge in [0.1, 0.15) is 11.5 Å². The van der Waals surface area contributed by atoms with E-state index in [1.54, 1.807) is 13.3 Å². The molecule has 1 amide bonds. The van der Waals surface area contributed by atoms with Gasteiger partial charge in [0.05, 0.1) is 19.0 Å². The molecule has 6 heteroatoms. The molecule has 92 valence electrons. The first kappa shape index (κ1) is 11.8. The van der Waals surface area contributed by atoms with E-state index in [1.165, 1.54) is 19.0 Å². The van der Waals surface area contributed by atoms with E-state index in [4.69, 9.17) is 4.74 Å². The highest BCUT2D eigenvalue weighted by atomic mass is 16.5. The van der Waals surface area contributed by atoms with Crippen LogP contribution in [0.5, 0.6) is 0 Å². The summed E-state index contributed by atoms with van der Waals surface area (Å²) in [7, 11) is 1.59. The molecule has 1 aromatic heterocycles. The third-order valence-corrected chi connectivity index (χ3v) is 2.41. The number of methoxy groups -OCH3 is 1. The van der Waals surface area contributed by atoms with E-state index in [0.717, 1.165) is 5.82 Å². The van der Waals surface area contributed by atoms with E-state index < -0.39 is 0 Å². The summed E-state index contributed by atoms with van der Waals surface area (Å²) in [6.07, 6.45) is 5.43. The monoisotopic (exact) mass is 236 g/mol. The number of rotatable bonds is 6. The van der Waals surface area contributed by atoms with Crippen LogP contribution in [0.2, 0.25) is 0 Å². The molecule has 0 atom stereocenters. The molecule has 0 aromatic carbocycles. The van der Waals surface area contributed by atoms with Crippen molar-refractivity contribution in [3.05, 3.63) is 18.1 Å². The quantitative estimate of drug-likeness (QED) is 0.700. The summed E-state index contributed by atoms with van der Waals surface area (Å²) in [5, 5.41) is 5.89. The number of ether oxygens (including phenoxy) is 1. The summed E-state index contributed by atoms with van der Waals surface area (Å²) < 4.78 is 4.84. The molecule has 0 spiro atoms. The molecule has 0 aliphatic heterocycles. The predicted molar refractivity (Wildman–Crippen MR) is 62.9 cm³/mol. The Morgan fingerprint density at radius 1 is 1.47 bits per heavy atom. The van der Waals surface area contributed by atoms with Crippen molar-refractivity contribution in [3.63, 3.8) is 0 Å². The fourth-order valence-corrected chi connectivity index (χ4v) is 1.31. The largest absolute Gasteiger partial charge is 0.383 e. The highest BCUT2D eigenvalue weighted by Gasteiger charge is 2.21. The molecule has 1 aliphatic carbocycles. The fourth-order valence-electron chi connectivity index (χ4n) is 1.31. The van der Waals surface area contributed by atoms with Crippen LogP contribution in [0, 0.1) is 0 Å². The Balaban J connectivity index is 1.85. The van der Waals surface area contributed by atoms with Crippen LogP contribution in [0.1, 0.15) is 23.3 Å². The Labute approximate surface area is 99.8 Å². The van der Waals surface area contributed by atoms with Gasteiger partial charge in [0.25, 0.3) is 5.91 Å². The zero-order chi connectivity index (χ0) is 12.1. The lowest BCUT2D eigenvalue weighted by atomic mass is 10.4. The molecular weight excluding hydrogens is 220 g/mol. The van der Waals surface area contributed by atoms with Gasteiger partial charge in [-0.05, 0) is 12.8 Å². The topological polar surface area (TPSA) is 76.1 Å². The molecule has 1 saturated carbocycles. The summed E-state index contributed by atoms with van der Waals surface area (Å²) in [4.78, 5) is 19.8. The van der Waals surface area contributed by atoms with Crippen molar-refractivity contribution in [1.29, 1.82) is 0 Å². The van der Waals surface area contributed by atoms with E-state index in [9.17, 15) is 4.79 Å². The van der Waals surface area contributed by atoms with Gasteiger partial charge in [0.2, 0.25) is 0 Å². The molecule has 0 radical (unpaired) electrons. The minimum atomic E-state index is -0.229.